The second kappa shape index (κ2) is 5.12. The highest BCUT2D eigenvalue weighted by Crippen LogP contribution is 2.32. The van der Waals surface area contributed by atoms with Crippen molar-refractivity contribution >= 4 is 11.5 Å². The summed E-state index contributed by atoms with van der Waals surface area (Å²) in [6.07, 6.45) is 5.02. The van der Waals surface area contributed by atoms with E-state index >= 15 is 0 Å². The van der Waals surface area contributed by atoms with Gasteiger partial charge in [-0.2, -0.15) is 0 Å². The van der Waals surface area contributed by atoms with E-state index in [0.717, 1.165) is 24.3 Å². The molecule has 1 aromatic carbocycles. The van der Waals surface area contributed by atoms with Crippen LogP contribution in [-0.2, 0) is 12.8 Å². The third-order valence-corrected chi connectivity index (χ3v) is 4.16. The van der Waals surface area contributed by atoms with Crippen molar-refractivity contribution in [2.45, 2.75) is 32.2 Å². The van der Waals surface area contributed by atoms with Crippen LogP contribution in [0.15, 0.2) is 30.6 Å². The Balaban J connectivity index is 1.93. The minimum atomic E-state index is 0.234. The van der Waals surface area contributed by atoms with Crippen molar-refractivity contribution in [1.29, 1.82) is 0 Å². The monoisotopic (exact) mass is 268 g/mol. The number of hydrogen-bond acceptors (Lipinski definition) is 4. The third kappa shape index (κ3) is 2.22. The second-order valence-electron chi connectivity index (χ2n) is 5.43. The highest BCUT2D eigenvalue weighted by atomic mass is 15.2. The van der Waals surface area contributed by atoms with Crippen molar-refractivity contribution in [2.75, 3.05) is 17.7 Å². The van der Waals surface area contributed by atoms with Gasteiger partial charge in [0.25, 0.3) is 0 Å². The standard InChI is InChI=1S/C16H20N4/c1-11(12-5-3-6-13(17)9-12)20(2)16-14-7-4-8-15(14)18-10-19-16/h3,5-6,9-11H,4,7-8,17H2,1-2H3. The number of nitrogens with zero attached hydrogens (tertiary/aromatic N) is 3. The molecule has 0 amide bonds. The summed E-state index contributed by atoms with van der Waals surface area (Å²) in [6.45, 7) is 2.18. The normalized spacial score (nSPS) is 14.9. The van der Waals surface area contributed by atoms with Crippen molar-refractivity contribution in [1.82, 2.24) is 9.97 Å². The number of aryl methyl sites for hydroxylation is 1. The largest absolute Gasteiger partial charge is 0.399 e. The zero-order valence-corrected chi connectivity index (χ0v) is 12.0. The van der Waals surface area contributed by atoms with Crippen LogP contribution in [0.5, 0.6) is 0 Å². The van der Waals surface area contributed by atoms with E-state index in [1.807, 2.05) is 18.2 Å². The average molecular weight is 268 g/mol. The lowest BCUT2D eigenvalue weighted by molar-refractivity contribution is 0.722. The van der Waals surface area contributed by atoms with E-state index in [1.165, 1.54) is 23.2 Å². The highest BCUT2D eigenvalue weighted by molar-refractivity contribution is 5.52. The van der Waals surface area contributed by atoms with Crippen LogP contribution in [0.3, 0.4) is 0 Å². The first-order valence-electron chi connectivity index (χ1n) is 7.08. The number of nitrogen functional groups attached to an aromatic ring is 1. The number of fused-ring (bicyclic) bond motifs is 1. The van der Waals surface area contributed by atoms with E-state index < -0.39 is 0 Å². The van der Waals surface area contributed by atoms with Gasteiger partial charge in [0.05, 0.1) is 6.04 Å². The molecule has 2 aromatic rings. The summed E-state index contributed by atoms with van der Waals surface area (Å²) >= 11 is 0. The molecule has 1 unspecified atom stereocenters. The van der Waals surface area contributed by atoms with Gasteiger partial charge in [0.1, 0.15) is 12.1 Å². The van der Waals surface area contributed by atoms with Crippen LogP contribution in [0.25, 0.3) is 0 Å². The topological polar surface area (TPSA) is 55.0 Å². The fraction of sp³-hybridized carbons (Fsp3) is 0.375. The Labute approximate surface area is 119 Å². The van der Waals surface area contributed by atoms with E-state index in [9.17, 15) is 0 Å². The summed E-state index contributed by atoms with van der Waals surface area (Å²) in [5.74, 6) is 1.06. The summed E-state index contributed by atoms with van der Waals surface area (Å²) in [7, 11) is 2.09. The summed E-state index contributed by atoms with van der Waals surface area (Å²) in [4.78, 5) is 11.1. The first-order chi connectivity index (χ1) is 9.66. The Hall–Kier alpha value is -2.10. The Morgan fingerprint density at radius 1 is 1.25 bits per heavy atom. The van der Waals surface area contributed by atoms with Gasteiger partial charge in [-0.1, -0.05) is 12.1 Å². The lowest BCUT2D eigenvalue weighted by atomic mass is 10.1. The maximum Gasteiger partial charge on any atom is 0.135 e. The van der Waals surface area contributed by atoms with Crippen molar-refractivity contribution < 1.29 is 0 Å². The average Bonchev–Trinajstić information content (AvgIpc) is 2.94. The lowest BCUT2D eigenvalue weighted by Gasteiger charge is -2.28. The van der Waals surface area contributed by atoms with Crippen LogP contribution in [-0.4, -0.2) is 17.0 Å². The molecule has 3 rings (SSSR count). The maximum absolute atomic E-state index is 5.88. The van der Waals surface area contributed by atoms with E-state index in [1.54, 1.807) is 6.33 Å². The molecule has 0 bridgehead atoms. The van der Waals surface area contributed by atoms with Crippen molar-refractivity contribution in [2.24, 2.45) is 0 Å². The molecule has 1 aliphatic rings. The van der Waals surface area contributed by atoms with Gasteiger partial charge < -0.3 is 10.6 Å². The predicted molar refractivity (Wildman–Crippen MR) is 81.7 cm³/mol. The van der Waals surface area contributed by atoms with Crippen molar-refractivity contribution in [3.05, 3.63) is 47.4 Å². The summed E-state index contributed by atoms with van der Waals surface area (Å²) in [5, 5.41) is 0. The number of aromatic nitrogens is 2. The molecule has 4 nitrogen and oxygen atoms in total. The fourth-order valence-corrected chi connectivity index (χ4v) is 2.87. The molecule has 1 aromatic heterocycles. The summed E-state index contributed by atoms with van der Waals surface area (Å²) in [6, 6.07) is 8.29. The summed E-state index contributed by atoms with van der Waals surface area (Å²) in [5.41, 5.74) is 10.4. The minimum absolute atomic E-state index is 0.234. The molecule has 20 heavy (non-hydrogen) atoms. The Kier molecular flexibility index (Phi) is 3.30. The molecule has 0 aliphatic heterocycles. The van der Waals surface area contributed by atoms with Gasteiger partial charge in [-0.15, -0.1) is 0 Å². The van der Waals surface area contributed by atoms with Crippen LogP contribution >= 0.6 is 0 Å². The van der Waals surface area contributed by atoms with Crippen molar-refractivity contribution in [3.8, 4) is 0 Å². The van der Waals surface area contributed by atoms with Gasteiger partial charge in [-0.25, -0.2) is 9.97 Å². The highest BCUT2D eigenvalue weighted by Gasteiger charge is 2.22. The van der Waals surface area contributed by atoms with Gasteiger partial charge in [0.2, 0.25) is 0 Å². The third-order valence-electron chi connectivity index (χ3n) is 4.16. The van der Waals surface area contributed by atoms with Gasteiger partial charge in [0.15, 0.2) is 0 Å². The summed E-state index contributed by atoms with van der Waals surface area (Å²) < 4.78 is 0. The maximum atomic E-state index is 5.88. The molecule has 0 fully saturated rings. The molecule has 2 N–H and O–H groups in total. The van der Waals surface area contributed by atoms with Crippen LogP contribution in [0.1, 0.15) is 36.2 Å². The van der Waals surface area contributed by atoms with E-state index in [-0.39, 0.29) is 6.04 Å². The van der Waals surface area contributed by atoms with Crippen LogP contribution < -0.4 is 10.6 Å². The Morgan fingerprint density at radius 3 is 2.90 bits per heavy atom. The zero-order valence-electron chi connectivity index (χ0n) is 12.0. The SMILES string of the molecule is CC(c1cccc(N)c1)N(C)c1ncnc2c1CCC2. The van der Waals surface area contributed by atoms with Crippen molar-refractivity contribution in [3.63, 3.8) is 0 Å². The van der Waals surface area contributed by atoms with E-state index in [4.69, 9.17) is 5.73 Å². The minimum Gasteiger partial charge on any atom is -0.399 e. The zero-order chi connectivity index (χ0) is 14.1. The number of anilines is 2. The molecule has 104 valence electrons. The smallest absolute Gasteiger partial charge is 0.135 e. The molecule has 0 radical (unpaired) electrons. The van der Waals surface area contributed by atoms with Crippen LogP contribution in [0, 0.1) is 0 Å². The van der Waals surface area contributed by atoms with E-state index in [0.29, 0.717) is 0 Å². The first kappa shape index (κ1) is 12.9. The Morgan fingerprint density at radius 2 is 2.10 bits per heavy atom. The molecule has 0 saturated heterocycles. The molecular formula is C16H20N4. The van der Waals surface area contributed by atoms with Gasteiger partial charge >= 0.3 is 0 Å². The van der Waals surface area contributed by atoms with Gasteiger partial charge in [0, 0.05) is 24.0 Å². The molecule has 0 spiro atoms. The van der Waals surface area contributed by atoms with Gasteiger partial charge in [-0.05, 0) is 43.9 Å². The van der Waals surface area contributed by atoms with Gasteiger partial charge in [-0.3, -0.25) is 0 Å². The predicted octanol–water partition coefficient (Wildman–Crippen LogP) is 2.74. The molecule has 0 saturated carbocycles. The Bertz CT molecular complexity index is 624. The van der Waals surface area contributed by atoms with E-state index in [2.05, 4.69) is 34.9 Å². The number of nitrogens with two attached hydrogens (primary N) is 1. The van der Waals surface area contributed by atoms with Crippen LogP contribution in [0.2, 0.25) is 0 Å². The fourth-order valence-electron chi connectivity index (χ4n) is 2.87. The molecule has 1 atom stereocenters. The number of hydrogen-bond donors (Lipinski definition) is 1. The number of rotatable bonds is 3. The molecule has 1 aliphatic carbocycles. The number of benzene rings is 1. The second-order valence-corrected chi connectivity index (χ2v) is 5.43. The first-order valence-corrected chi connectivity index (χ1v) is 7.08. The molecule has 4 heteroatoms. The molecular weight excluding hydrogens is 248 g/mol. The quantitative estimate of drug-likeness (QED) is 0.870. The van der Waals surface area contributed by atoms with Crippen LogP contribution in [0.4, 0.5) is 11.5 Å². The lowest BCUT2D eigenvalue weighted by Crippen LogP contribution is -2.24. The molecule has 1 heterocycles.